The van der Waals surface area contributed by atoms with Gasteiger partial charge in [0.25, 0.3) is 0 Å². The highest BCUT2D eigenvalue weighted by Gasteiger charge is 2.34. The van der Waals surface area contributed by atoms with E-state index in [-0.39, 0.29) is 11.2 Å². The van der Waals surface area contributed by atoms with Crippen molar-refractivity contribution in [3.05, 3.63) is 22.2 Å². The second-order valence-corrected chi connectivity index (χ2v) is 5.90. The van der Waals surface area contributed by atoms with Crippen molar-refractivity contribution in [1.29, 1.82) is 0 Å². The van der Waals surface area contributed by atoms with Crippen molar-refractivity contribution in [2.45, 2.75) is 37.5 Å². The van der Waals surface area contributed by atoms with Crippen molar-refractivity contribution in [1.82, 2.24) is 0 Å². The quantitative estimate of drug-likeness (QED) is 0.900. The topological polar surface area (TPSA) is 55.5 Å². The molecule has 0 heterocycles. The highest BCUT2D eigenvalue weighted by molar-refractivity contribution is 9.10. The average Bonchev–Trinajstić information content (AvgIpc) is 2.39. The van der Waals surface area contributed by atoms with Crippen molar-refractivity contribution in [3.8, 4) is 11.5 Å². The minimum Gasteiger partial charge on any atom is -0.504 e. The molecule has 1 aromatic rings. The number of phenolic OH excluding ortho intramolecular Hbond substituents is 1. The largest absolute Gasteiger partial charge is 0.504 e. The molecule has 2 rings (SSSR count). The van der Waals surface area contributed by atoms with Crippen molar-refractivity contribution in [2.75, 3.05) is 13.7 Å². The molecule has 100 valence electrons. The Hall–Kier alpha value is -0.740. The van der Waals surface area contributed by atoms with Crippen LogP contribution < -0.4 is 10.5 Å². The van der Waals surface area contributed by atoms with E-state index in [0.717, 1.165) is 17.3 Å². The lowest BCUT2D eigenvalue weighted by Gasteiger charge is -2.37. The molecule has 1 fully saturated rings. The lowest BCUT2D eigenvalue weighted by molar-refractivity contribution is 0.297. The normalized spacial score (nSPS) is 18.6. The fourth-order valence-corrected chi connectivity index (χ4v) is 3.68. The molecule has 0 unspecified atom stereocenters. The van der Waals surface area contributed by atoms with Gasteiger partial charge in [-0.2, -0.15) is 0 Å². The lowest BCUT2D eigenvalue weighted by atomic mass is 9.69. The molecule has 4 heteroatoms. The standard InChI is InChI=1S/C14H20BrNO2/c1-18-13-7-10(11(15)8-12(13)17)14(9-16)5-3-2-4-6-14/h7-8,17H,2-6,9,16H2,1H3. The van der Waals surface area contributed by atoms with E-state index < -0.39 is 0 Å². The van der Waals surface area contributed by atoms with Gasteiger partial charge in [-0.25, -0.2) is 0 Å². The molecule has 0 radical (unpaired) electrons. The summed E-state index contributed by atoms with van der Waals surface area (Å²) in [6, 6.07) is 3.64. The predicted octanol–water partition coefficient (Wildman–Crippen LogP) is 3.32. The molecule has 3 nitrogen and oxygen atoms in total. The number of halogens is 1. The number of methoxy groups -OCH3 is 1. The number of hydrogen-bond acceptors (Lipinski definition) is 3. The summed E-state index contributed by atoms with van der Waals surface area (Å²) in [6.07, 6.45) is 5.93. The van der Waals surface area contributed by atoms with Crippen LogP contribution in [0.2, 0.25) is 0 Å². The summed E-state index contributed by atoms with van der Waals surface area (Å²) < 4.78 is 6.13. The second kappa shape index (κ2) is 5.49. The molecule has 0 amide bonds. The molecule has 0 spiro atoms. The number of hydrogen-bond donors (Lipinski definition) is 2. The third kappa shape index (κ3) is 2.36. The van der Waals surface area contributed by atoms with Crippen LogP contribution in [0.3, 0.4) is 0 Å². The summed E-state index contributed by atoms with van der Waals surface area (Å²) in [7, 11) is 1.57. The van der Waals surface area contributed by atoms with E-state index in [2.05, 4.69) is 15.9 Å². The molecule has 0 bridgehead atoms. The first-order valence-electron chi connectivity index (χ1n) is 6.40. The summed E-state index contributed by atoms with van der Waals surface area (Å²) in [4.78, 5) is 0. The molecule has 1 aliphatic carbocycles. The minimum absolute atomic E-state index is 0.0259. The van der Waals surface area contributed by atoms with E-state index in [4.69, 9.17) is 10.5 Å². The SMILES string of the molecule is COc1cc(C2(CN)CCCCC2)c(Br)cc1O. The van der Waals surface area contributed by atoms with Crippen LogP contribution in [0.15, 0.2) is 16.6 Å². The smallest absolute Gasteiger partial charge is 0.160 e. The summed E-state index contributed by atoms with van der Waals surface area (Å²) in [5.74, 6) is 0.683. The van der Waals surface area contributed by atoms with Crippen molar-refractivity contribution >= 4 is 15.9 Å². The molecule has 0 saturated heterocycles. The van der Waals surface area contributed by atoms with E-state index in [9.17, 15) is 5.11 Å². The zero-order chi connectivity index (χ0) is 13.2. The van der Waals surface area contributed by atoms with Crippen LogP contribution in [0, 0.1) is 0 Å². The van der Waals surface area contributed by atoms with Gasteiger partial charge >= 0.3 is 0 Å². The Morgan fingerprint density at radius 1 is 1.33 bits per heavy atom. The summed E-state index contributed by atoms with van der Waals surface area (Å²) in [5, 5.41) is 9.78. The molecule has 0 aliphatic heterocycles. The molecule has 3 N–H and O–H groups in total. The molecule has 1 saturated carbocycles. The molecule has 1 aliphatic rings. The van der Waals surface area contributed by atoms with E-state index in [1.54, 1.807) is 13.2 Å². The van der Waals surface area contributed by atoms with Crippen LogP contribution in [-0.2, 0) is 5.41 Å². The molecule has 0 atom stereocenters. The first kappa shape index (κ1) is 13.7. The highest BCUT2D eigenvalue weighted by Crippen LogP contribution is 2.45. The van der Waals surface area contributed by atoms with Gasteiger partial charge in [0, 0.05) is 16.4 Å². The van der Waals surface area contributed by atoms with Gasteiger partial charge in [0.15, 0.2) is 11.5 Å². The Morgan fingerprint density at radius 2 is 2.00 bits per heavy atom. The second-order valence-electron chi connectivity index (χ2n) is 5.05. The number of ether oxygens (including phenoxy) is 1. The minimum atomic E-state index is 0.0259. The Balaban J connectivity index is 2.47. The average molecular weight is 314 g/mol. The summed E-state index contributed by atoms with van der Waals surface area (Å²) in [6.45, 7) is 0.638. The van der Waals surface area contributed by atoms with Gasteiger partial charge < -0.3 is 15.6 Å². The van der Waals surface area contributed by atoms with Gasteiger partial charge in [-0.1, -0.05) is 35.2 Å². The molecule has 0 aromatic heterocycles. The zero-order valence-corrected chi connectivity index (χ0v) is 12.3. The lowest BCUT2D eigenvalue weighted by Crippen LogP contribution is -2.37. The summed E-state index contributed by atoms with van der Waals surface area (Å²) in [5.41, 5.74) is 7.24. The van der Waals surface area contributed by atoms with Gasteiger partial charge in [0.2, 0.25) is 0 Å². The van der Waals surface area contributed by atoms with Gasteiger partial charge in [0.1, 0.15) is 0 Å². The first-order chi connectivity index (χ1) is 8.63. The van der Waals surface area contributed by atoms with Crippen molar-refractivity contribution in [3.63, 3.8) is 0 Å². The highest BCUT2D eigenvalue weighted by atomic mass is 79.9. The first-order valence-corrected chi connectivity index (χ1v) is 7.19. The van der Waals surface area contributed by atoms with Gasteiger partial charge in [-0.3, -0.25) is 0 Å². The molecule has 18 heavy (non-hydrogen) atoms. The van der Waals surface area contributed by atoms with E-state index in [1.807, 2.05) is 6.07 Å². The molecular formula is C14H20BrNO2. The number of phenols is 1. The maximum Gasteiger partial charge on any atom is 0.160 e. The van der Waals surface area contributed by atoms with Crippen LogP contribution in [0.4, 0.5) is 0 Å². The molecule has 1 aromatic carbocycles. The number of benzene rings is 1. The van der Waals surface area contributed by atoms with E-state index in [1.165, 1.54) is 24.8 Å². The Kier molecular flexibility index (Phi) is 4.17. The molecular weight excluding hydrogens is 294 g/mol. The summed E-state index contributed by atoms with van der Waals surface area (Å²) >= 11 is 3.55. The van der Waals surface area contributed by atoms with Crippen LogP contribution in [0.5, 0.6) is 11.5 Å². The maximum absolute atomic E-state index is 9.78. The van der Waals surface area contributed by atoms with Gasteiger partial charge in [0.05, 0.1) is 7.11 Å². The van der Waals surface area contributed by atoms with Crippen molar-refractivity contribution < 1.29 is 9.84 Å². The third-order valence-electron chi connectivity index (χ3n) is 4.04. The van der Waals surface area contributed by atoms with Crippen LogP contribution >= 0.6 is 15.9 Å². The fraction of sp³-hybridized carbons (Fsp3) is 0.571. The Labute approximate surface area is 116 Å². The maximum atomic E-state index is 9.78. The Morgan fingerprint density at radius 3 is 2.56 bits per heavy atom. The third-order valence-corrected chi connectivity index (χ3v) is 4.70. The van der Waals surface area contributed by atoms with Crippen LogP contribution in [-0.4, -0.2) is 18.8 Å². The Bertz CT molecular complexity index is 428. The van der Waals surface area contributed by atoms with Gasteiger partial charge in [-0.05, 0) is 30.5 Å². The van der Waals surface area contributed by atoms with E-state index in [0.29, 0.717) is 12.3 Å². The zero-order valence-electron chi connectivity index (χ0n) is 10.7. The van der Waals surface area contributed by atoms with Crippen LogP contribution in [0.25, 0.3) is 0 Å². The van der Waals surface area contributed by atoms with Crippen LogP contribution in [0.1, 0.15) is 37.7 Å². The number of nitrogens with two attached hydrogens (primary N) is 1. The predicted molar refractivity (Wildman–Crippen MR) is 76.2 cm³/mol. The number of aromatic hydroxyl groups is 1. The fourth-order valence-electron chi connectivity index (χ4n) is 2.92. The van der Waals surface area contributed by atoms with Gasteiger partial charge in [-0.15, -0.1) is 0 Å². The number of rotatable bonds is 3. The van der Waals surface area contributed by atoms with Crippen molar-refractivity contribution in [2.24, 2.45) is 5.73 Å². The monoisotopic (exact) mass is 313 g/mol. The van der Waals surface area contributed by atoms with E-state index >= 15 is 0 Å².